The maximum atomic E-state index is 6.66. The van der Waals surface area contributed by atoms with Crippen molar-refractivity contribution < 1.29 is 4.42 Å². The van der Waals surface area contributed by atoms with Gasteiger partial charge in [0, 0.05) is 60.8 Å². The van der Waals surface area contributed by atoms with E-state index in [1.807, 2.05) is 18.2 Å². The molecular formula is C61H37N5O. The zero-order valence-corrected chi connectivity index (χ0v) is 36.0. The number of fused-ring (bicyclic) bond motifs is 10. The average molecular weight is 856 g/mol. The summed E-state index contributed by atoms with van der Waals surface area (Å²) < 4.78 is 11.4. The van der Waals surface area contributed by atoms with Crippen LogP contribution in [0.15, 0.2) is 229 Å². The van der Waals surface area contributed by atoms with Crippen LogP contribution >= 0.6 is 0 Å². The lowest BCUT2D eigenvalue weighted by Gasteiger charge is -2.15. The number of benzene rings is 10. The van der Waals surface area contributed by atoms with Gasteiger partial charge in [0.1, 0.15) is 11.2 Å². The maximum Gasteiger partial charge on any atom is 0.166 e. The Hall–Kier alpha value is -9.13. The van der Waals surface area contributed by atoms with Gasteiger partial charge in [-0.25, -0.2) is 15.0 Å². The molecule has 4 aromatic heterocycles. The van der Waals surface area contributed by atoms with Gasteiger partial charge in [0.2, 0.25) is 0 Å². The molecule has 0 atom stereocenters. The molecule has 6 nitrogen and oxygen atoms in total. The average Bonchev–Trinajstić information content (AvgIpc) is 4.04. The quantitative estimate of drug-likeness (QED) is 0.167. The van der Waals surface area contributed by atoms with Crippen molar-refractivity contribution in [2.75, 3.05) is 0 Å². The van der Waals surface area contributed by atoms with E-state index in [0.717, 1.165) is 105 Å². The molecule has 0 aliphatic carbocycles. The van der Waals surface area contributed by atoms with E-state index in [1.165, 1.54) is 10.8 Å². The Bertz CT molecular complexity index is 4280. The second kappa shape index (κ2) is 14.7. The smallest absolute Gasteiger partial charge is 0.166 e. The highest BCUT2D eigenvalue weighted by atomic mass is 16.3. The summed E-state index contributed by atoms with van der Waals surface area (Å²) in [6.45, 7) is 0. The summed E-state index contributed by atoms with van der Waals surface area (Å²) in [5.74, 6) is 1.73. The summed E-state index contributed by atoms with van der Waals surface area (Å²) in [5.41, 5.74) is 12.9. The molecule has 0 aliphatic rings. The molecule has 0 fully saturated rings. The summed E-state index contributed by atoms with van der Waals surface area (Å²) in [7, 11) is 0. The van der Waals surface area contributed by atoms with Crippen molar-refractivity contribution in [1.29, 1.82) is 0 Å². The Morgan fingerprint density at radius 2 is 0.866 bits per heavy atom. The van der Waals surface area contributed by atoms with E-state index in [0.29, 0.717) is 17.5 Å². The van der Waals surface area contributed by atoms with E-state index in [-0.39, 0.29) is 0 Å². The molecule has 312 valence electrons. The van der Waals surface area contributed by atoms with Crippen LogP contribution in [-0.4, -0.2) is 24.1 Å². The highest BCUT2D eigenvalue weighted by Gasteiger charge is 2.23. The third-order valence-corrected chi connectivity index (χ3v) is 13.3. The lowest BCUT2D eigenvalue weighted by atomic mass is 10.0. The molecule has 6 heteroatoms. The van der Waals surface area contributed by atoms with Crippen LogP contribution in [0.5, 0.6) is 0 Å². The Labute approximate surface area is 384 Å². The minimum Gasteiger partial charge on any atom is -0.456 e. The van der Waals surface area contributed by atoms with Crippen LogP contribution in [0, 0.1) is 0 Å². The Balaban J connectivity index is 1.07. The molecular weight excluding hydrogens is 819 g/mol. The number of aromatic nitrogens is 5. The van der Waals surface area contributed by atoms with Crippen molar-refractivity contribution in [2.45, 2.75) is 0 Å². The van der Waals surface area contributed by atoms with Crippen LogP contribution in [0.3, 0.4) is 0 Å². The van der Waals surface area contributed by atoms with Gasteiger partial charge in [-0.2, -0.15) is 0 Å². The number of rotatable bonds is 6. The van der Waals surface area contributed by atoms with Crippen molar-refractivity contribution in [3.8, 4) is 56.7 Å². The van der Waals surface area contributed by atoms with Crippen LogP contribution in [0.4, 0.5) is 0 Å². The molecule has 0 bridgehead atoms. The third-order valence-electron chi connectivity index (χ3n) is 13.3. The Kier molecular flexibility index (Phi) is 8.18. The molecule has 0 N–H and O–H groups in total. The van der Waals surface area contributed by atoms with E-state index < -0.39 is 0 Å². The van der Waals surface area contributed by atoms with Gasteiger partial charge >= 0.3 is 0 Å². The van der Waals surface area contributed by atoms with Crippen molar-refractivity contribution in [3.05, 3.63) is 224 Å². The number of furan rings is 1. The first kappa shape index (κ1) is 37.3. The summed E-state index contributed by atoms with van der Waals surface area (Å²) >= 11 is 0. The standard InChI is InChI=1S/C61H37N5O/c1-3-16-38(17-4-1)39-20-15-21-42(32-39)59-62-60(43-30-31-54-48(34-43)45-24-9-12-27-52(45)65(54)44-22-5-2-6-23-44)64-61(63-59)51-36-50-47-26-11-14-29-57(47)67-58(50)37-56(51)66-53-28-13-10-25-46(53)49-33-40-18-7-8-19-41(40)35-55(49)66/h1-37H. The van der Waals surface area contributed by atoms with Gasteiger partial charge in [-0.3, -0.25) is 0 Å². The Morgan fingerprint density at radius 3 is 1.64 bits per heavy atom. The fourth-order valence-electron chi connectivity index (χ4n) is 10.2. The van der Waals surface area contributed by atoms with Crippen LogP contribution in [-0.2, 0) is 0 Å². The highest BCUT2D eigenvalue weighted by Crippen LogP contribution is 2.42. The van der Waals surface area contributed by atoms with Gasteiger partial charge in [-0.1, -0.05) is 146 Å². The molecule has 0 radical (unpaired) electrons. The third kappa shape index (κ3) is 5.93. The van der Waals surface area contributed by atoms with Gasteiger partial charge < -0.3 is 13.6 Å². The molecule has 0 saturated heterocycles. The predicted octanol–water partition coefficient (Wildman–Crippen LogP) is 15.8. The molecule has 4 heterocycles. The zero-order valence-electron chi connectivity index (χ0n) is 36.0. The minimum atomic E-state index is 0.561. The lowest BCUT2D eigenvalue weighted by Crippen LogP contribution is -2.04. The fraction of sp³-hybridized carbons (Fsp3) is 0. The second-order valence-electron chi connectivity index (χ2n) is 17.2. The first-order valence-electron chi connectivity index (χ1n) is 22.6. The fourth-order valence-corrected chi connectivity index (χ4v) is 10.2. The van der Waals surface area contributed by atoms with Crippen LogP contribution in [0.25, 0.3) is 133 Å². The van der Waals surface area contributed by atoms with Crippen molar-refractivity contribution in [3.63, 3.8) is 0 Å². The van der Waals surface area contributed by atoms with Crippen molar-refractivity contribution in [1.82, 2.24) is 24.1 Å². The molecule has 67 heavy (non-hydrogen) atoms. The maximum absolute atomic E-state index is 6.66. The van der Waals surface area contributed by atoms with Crippen LogP contribution in [0.1, 0.15) is 0 Å². The summed E-state index contributed by atoms with van der Waals surface area (Å²) in [6.07, 6.45) is 0. The molecule has 0 unspecified atom stereocenters. The molecule has 14 aromatic rings. The van der Waals surface area contributed by atoms with E-state index in [1.54, 1.807) is 0 Å². The van der Waals surface area contributed by atoms with E-state index in [4.69, 9.17) is 19.4 Å². The van der Waals surface area contributed by atoms with Crippen LogP contribution < -0.4 is 0 Å². The van der Waals surface area contributed by atoms with Gasteiger partial charge in [0.25, 0.3) is 0 Å². The van der Waals surface area contributed by atoms with E-state index >= 15 is 0 Å². The number of para-hydroxylation sites is 4. The van der Waals surface area contributed by atoms with Gasteiger partial charge in [0.05, 0.1) is 27.8 Å². The normalized spacial score (nSPS) is 11.9. The van der Waals surface area contributed by atoms with Gasteiger partial charge in [-0.05, 0) is 94.7 Å². The summed E-state index contributed by atoms with van der Waals surface area (Å²) in [4.78, 5) is 16.3. The van der Waals surface area contributed by atoms with E-state index in [9.17, 15) is 0 Å². The predicted molar refractivity (Wildman–Crippen MR) is 275 cm³/mol. The van der Waals surface area contributed by atoms with Crippen molar-refractivity contribution in [2.24, 2.45) is 0 Å². The molecule has 14 rings (SSSR count). The first-order valence-corrected chi connectivity index (χ1v) is 22.6. The SMILES string of the molecule is c1ccc(-c2cccc(-c3nc(-c4ccc5c(c4)c4ccccc4n5-c4ccccc4)nc(-c4cc5c(cc4-n4c6ccccc6c6cc7ccccc7cc64)oc4ccccc45)n3)c2)cc1. The number of hydrogen-bond donors (Lipinski definition) is 0. The molecule has 0 amide bonds. The molecule has 10 aromatic carbocycles. The topological polar surface area (TPSA) is 61.7 Å². The molecule has 0 saturated carbocycles. The number of hydrogen-bond acceptors (Lipinski definition) is 4. The van der Waals surface area contributed by atoms with E-state index in [2.05, 4.69) is 215 Å². The van der Waals surface area contributed by atoms with Crippen molar-refractivity contribution >= 4 is 76.3 Å². The largest absolute Gasteiger partial charge is 0.456 e. The van der Waals surface area contributed by atoms with Gasteiger partial charge in [0.15, 0.2) is 17.5 Å². The highest BCUT2D eigenvalue weighted by molar-refractivity contribution is 6.15. The first-order chi connectivity index (χ1) is 33.2. The summed E-state index contributed by atoms with van der Waals surface area (Å²) in [5, 5.41) is 8.99. The summed E-state index contributed by atoms with van der Waals surface area (Å²) in [6, 6.07) is 79.2. The monoisotopic (exact) mass is 855 g/mol. The second-order valence-corrected chi connectivity index (χ2v) is 17.2. The molecule has 0 spiro atoms. The van der Waals surface area contributed by atoms with Crippen LogP contribution in [0.2, 0.25) is 0 Å². The lowest BCUT2D eigenvalue weighted by molar-refractivity contribution is 0.668. The Morgan fingerprint density at radius 1 is 0.299 bits per heavy atom. The molecule has 0 aliphatic heterocycles. The minimum absolute atomic E-state index is 0.561. The zero-order chi connectivity index (χ0) is 44.0. The number of nitrogens with zero attached hydrogens (tertiary/aromatic N) is 5. The van der Waals surface area contributed by atoms with Gasteiger partial charge in [-0.15, -0.1) is 0 Å².